The van der Waals surface area contributed by atoms with Crippen molar-refractivity contribution >= 4 is 23.5 Å². The average molecular weight is 334 g/mol. The third kappa shape index (κ3) is 3.67. The molecule has 1 aromatic carbocycles. The second-order valence-corrected chi connectivity index (χ2v) is 5.92. The first-order chi connectivity index (χ1) is 11.3. The Morgan fingerprint density at radius 1 is 1.38 bits per heavy atom. The van der Waals surface area contributed by atoms with E-state index in [-0.39, 0.29) is 18.4 Å². The summed E-state index contributed by atoms with van der Waals surface area (Å²) in [5.74, 6) is -1.62. The van der Waals surface area contributed by atoms with Crippen LogP contribution < -0.4 is 15.0 Å². The normalized spacial score (nSPS) is 19.0. The maximum absolute atomic E-state index is 12.3. The third-order valence-corrected chi connectivity index (χ3v) is 4.17. The Balaban J connectivity index is 2.16. The average Bonchev–Trinajstić information content (AvgIpc) is 2.55. The number of carboxylic acid groups (broad SMARTS) is 1. The summed E-state index contributed by atoms with van der Waals surface area (Å²) in [4.78, 5) is 37.3. The fourth-order valence-corrected chi connectivity index (χ4v) is 2.57. The lowest BCUT2D eigenvalue weighted by molar-refractivity contribution is -0.143. The Kier molecular flexibility index (Phi) is 5.43. The number of benzene rings is 1. The van der Waals surface area contributed by atoms with Gasteiger partial charge in [-0.25, -0.2) is 4.79 Å². The number of nitrogens with zero attached hydrogens (tertiary/aromatic N) is 1. The maximum atomic E-state index is 12.3. The monoisotopic (exact) mass is 334 g/mol. The molecule has 0 saturated heterocycles. The summed E-state index contributed by atoms with van der Waals surface area (Å²) >= 11 is 0. The summed E-state index contributed by atoms with van der Waals surface area (Å²) < 4.78 is 5.51. The van der Waals surface area contributed by atoms with Crippen LogP contribution in [0.2, 0.25) is 0 Å². The van der Waals surface area contributed by atoms with Gasteiger partial charge in [-0.15, -0.1) is 0 Å². The second-order valence-electron chi connectivity index (χ2n) is 5.92. The van der Waals surface area contributed by atoms with Crippen LogP contribution in [0, 0.1) is 5.92 Å². The Bertz CT molecular complexity index is 646. The first-order valence-corrected chi connectivity index (χ1v) is 7.94. The van der Waals surface area contributed by atoms with Crippen molar-refractivity contribution in [2.24, 2.45) is 5.92 Å². The number of carboxylic acids is 1. The first kappa shape index (κ1) is 17.8. The summed E-state index contributed by atoms with van der Waals surface area (Å²) in [7, 11) is 0. The molecule has 0 radical (unpaired) electrons. The maximum Gasteiger partial charge on any atom is 0.326 e. The van der Waals surface area contributed by atoms with Gasteiger partial charge in [0.1, 0.15) is 18.3 Å². The summed E-state index contributed by atoms with van der Waals surface area (Å²) in [5, 5.41) is 11.8. The zero-order chi connectivity index (χ0) is 17.9. The smallest absolute Gasteiger partial charge is 0.326 e. The van der Waals surface area contributed by atoms with Crippen LogP contribution in [0.1, 0.15) is 27.2 Å². The minimum Gasteiger partial charge on any atom is -0.480 e. The van der Waals surface area contributed by atoms with Gasteiger partial charge in [-0.1, -0.05) is 32.4 Å². The number of carbonyl (C=O) groups excluding carboxylic acids is 2. The van der Waals surface area contributed by atoms with Crippen LogP contribution in [-0.2, 0) is 14.4 Å². The highest BCUT2D eigenvalue weighted by Crippen LogP contribution is 2.33. The van der Waals surface area contributed by atoms with E-state index in [2.05, 4.69) is 5.32 Å². The molecule has 24 heavy (non-hydrogen) atoms. The number of ether oxygens (including phenoxy) is 1. The fraction of sp³-hybridized carbons (Fsp3) is 0.471. The molecule has 0 aromatic heterocycles. The van der Waals surface area contributed by atoms with Crippen molar-refractivity contribution in [3.05, 3.63) is 24.3 Å². The number of hydrogen-bond acceptors (Lipinski definition) is 4. The molecule has 0 aliphatic carbocycles. The van der Waals surface area contributed by atoms with E-state index in [4.69, 9.17) is 4.74 Å². The Hall–Kier alpha value is -2.57. The molecule has 2 amide bonds. The molecular weight excluding hydrogens is 312 g/mol. The lowest BCUT2D eigenvalue weighted by Crippen LogP contribution is -2.52. The molecule has 0 spiro atoms. The van der Waals surface area contributed by atoms with E-state index < -0.39 is 24.0 Å². The number of nitrogens with one attached hydrogen (secondary N) is 1. The van der Waals surface area contributed by atoms with E-state index in [1.54, 1.807) is 38.1 Å². The summed E-state index contributed by atoms with van der Waals surface area (Å²) in [6, 6.07) is 5.96. The summed E-state index contributed by atoms with van der Waals surface area (Å²) in [5.41, 5.74) is 0.506. The van der Waals surface area contributed by atoms with Crippen molar-refractivity contribution < 1.29 is 24.2 Å². The van der Waals surface area contributed by atoms with Gasteiger partial charge < -0.3 is 15.2 Å². The minimum atomic E-state index is -1.08. The lowest BCUT2D eigenvalue weighted by Gasteiger charge is -2.33. The molecule has 3 atom stereocenters. The Morgan fingerprint density at radius 3 is 2.67 bits per heavy atom. The van der Waals surface area contributed by atoms with Crippen molar-refractivity contribution in [1.29, 1.82) is 0 Å². The molecule has 0 bridgehead atoms. The van der Waals surface area contributed by atoms with Crippen LogP contribution in [0.15, 0.2) is 24.3 Å². The lowest BCUT2D eigenvalue weighted by atomic mass is 9.99. The van der Waals surface area contributed by atoms with Crippen LogP contribution in [-0.4, -0.2) is 41.6 Å². The van der Waals surface area contributed by atoms with Gasteiger partial charge in [0.05, 0.1) is 5.69 Å². The Labute approximate surface area is 140 Å². The number of aliphatic carboxylic acids is 1. The Morgan fingerprint density at radius 2 is 2.04 bits per heavy atom. The molecule has 2 rings (SSSR count). The molecule has 1 heterocycles. The zero-order valence-electron chi connectivity index (χ0n) is 14.0. The molecule has 7 nitrogen and oxygen atoms in total. The quantitative estimate of drug-likeness (QED) is 0.820. The van der Waals surface area contributed by atoms with Crippen molar-refractivity contribution in [3.8, 4) is 5.75 Å². The van der Waals surface area contributed by atoms with Crippen molar-refractivity contribution in [2.45, 2.75) is 39.3 Å². The predicted molar refractivity (Wildman–Crippen MR) is 87.9 cm³/mol. The molecule has 1 aromatic rings. The van der Waals surface area contributed by atoms with Gasteiger partial charge >= 0.3 is 5.97 Å². The van der Waals surface area contributed by atoms with Gasteiger partial charge in [-0.3, -0.25) is 14.5 Å². The van der Waals surface area contributed by atoms with E-state index in [0.29, 0.717) is 17.9 Å². The molecular formula is C17H22N2O5. The number of amides is 2. The van der Waals surface area contributed by atoms with Gasteiger partial charge in [0, 0.05) is 0 Å². The molecule has 130 valence electrons. The van der Waals surface area contributed by atoms with Gasteiger partial charge in [0.15, 0.2) is 6.10 Å². The van der Waals surface area contributed by atoms with Gasteiger partial charge in [-0.2, -0.15) is 0 Å². The van der Waals surface area contributed by atoms with E-state index in [9.17, 15) is 19.5 Å². The van der Waals surface area contributed by atoms with Crippen LogP contribution in [0.3, 0.4) is 0 Å². The highest BCUT2D eigenvalue weighted by atomic mass is 16.5. The summed E-state index contributed by atoms with van der Waals surface area (Å²) in [6.45, 7) is 4.98. The van der Waals surface area contributed by atoms with Crippen LogP contribution in [0.4, 0.5) is 5.69 Å². The number of para-hydroxylation sites is 2. The molecule has 0 fully saturated rings. The van der Waals surface area contributed by atoms with Crippen LogP contribution in [0.25, 0.3) is 0 Å². The van der Waals surface area contributed by atoms with Crippen molar-refractivity contribution in [2.75, 3.05) is 11.4 Å². The largest absolute Gasteiger partial charge is 0.480 e. The fourth-order valence-electron chi connectivity index (χ4n) is 2.57. The van der Waals surface area contributed by atoms with Gasteiger partial charge in [-0.05, 0) is 25.0 Å². The number of anilines is 1. The van der Waals surface area contributed by atoms with Crippen LogP contribution in [0.5, 0.6) is 5.75 Å². The van der Waals surface area contributed by atoms with E-state index >= 15 is 0 Å². The minimum absolute atomic E-state index is 0.210. The van der Waals surface area contributed by atoms with Crippen molar-refractivity contribution in [3.63, 3.8) is 0 Å². The third-order valence-electron chi connectivity index (χ3n) is 4.17. The first-order valence-electron chi connectivity index (χ1n) is 7.94. The summed E-state index contributed by atoms with van der Waals surface area (Å²) in [6.07, 6.45) is -0.0781. The number of carbonyl (C=O) groups is 3. The molecule has 3 unspecified atom stereocenters. The van der Waals surface area contributed by atoms with Gasteiger partial charge in [0.2, 0.25) is 5.91 Å². The molecule has 7 heteroatoms. The highest BCUT2D eigenvalue weighted by Gasteiger charge is 2.33. The standard InChI is InChI=1S/C17H22N2O5/c1-4-10(2)15(17(22)23)18-14(20)9-19-12-7-5-6-8-13(12)24-11(3)16(19)21/h5-8,10-11,15H,4,9H2,1-3H3,(H,18,20)(H,22,23). The number of rotatable bonds is 6. The SMILES string of the molecule is CCC(C)C(NC(=O)CN1C(=O)C(C)Oc2ccccc21)C(=O)O. The highest BCUT2D eigenvalue weighted by molar-refractivity contribution is 6.04. The second kappa shape index (κ2) is 7.33. The molecule has 1 aliphatic heterocycles. The van der Waals surface area contributed by atoms with Crippen LogP contribution >= 0.6 is 0 Å². The molecule has 1 aliphatic rings. The predicted octanol–water partition coefficient (Wildman–Crippen LogP) is 1.42. The van der Waals surface area contributed by atoms with E-state index in [1.807, 2.05) is 6.92 Å². The van der Waals surface area contributed by atoms with E-state index in [1.165, 1.54) is 4.90 Å². The number of fused-ring (bicyclic) bond motifs is 1. The van der Waals surface area contributed by atoms with Crippen molar-refractivity contribution in [1.82, 2.24) is 5.32 Å². The zero-order valence-corrected chi connectivity index (χ0v) is 14.0. The van der Waals surface area contributed by atoms with Gasteiger partial charge in [0.25, 0.3) is 5.91 Å². The topological polar surface area (TPSA) is 95.9 Å². The molecule has 2 N–H and O–H groups in total. The number of hydrogen-bond donors (Lipinski definition) is 2. The molecule has 0 saturated carbocycles. The van der Waals surface area contributed by atoms with E-state index in [0.717, 1.165) is 0 Å².